The molecular formula is C13H17BrN2O2. The molecule has 0 aliphatic heterocycles. The van der Waals surface area contributed by atoms with Crippen LogP contribution in [0, 0.1) is 13.8 Å². The van der Waals surface area contributed by atoms with Crippen LogP contribution >= 0.6 is 15.9 Å². The van der Waals surface area contributed by atoms with Crippen molar-refractivity contribution in [3.8, 4) is 0 Å². The molecule has 0 saturated carbocycles. The minimum Gasteiger partial charge on any atom is -0.306 e. The van der Waals surface area contributed by atoms with E-state index < -0.39 is 5.69 Å². The van der Waals surface area contributed by atoms with E-state index in [2.05, 4.69) is 20.9 Å². The van der Waals surface area contributed by atoms with Crippen LogP contribution in [0.1, 0.15) is 25.0 Å². The first-order valence-corrected chi connectivity index (χ1v) is 6.61. The van der Waals surface area contributed by atoms with Crippen molar-refractivity contribution in [2.24, 2.45) is 7.05 Å². The summed E-state index contributed by atoms with van der Waals surface area (Å²) in [5.74, 6) is 0. The van der Waals surface area contributed by atoms with Gasteiger partial charge in [0.1, 0.15) is 0 Å². The summed E-state index contributed by atoms with van der Waals surface area (Å²) in [5.41, 5.74) is 1.80. The van der Waals surface area contributed by atoms with Crippen LogP contribution in [-0.2, 0) is 7.05 Å². The van der Waals surface area contributed by atoms with Crippen LogP contribution in [-0.4, -0.2) is 9.55 Å². The van der Waals surface area contributed by atoms with Gasteiger partial charge in [-0.05, 0) is 40.9 Å². The summed E-state index contributed by atoms with van der Waals surface area (Å²) in [4.78, 5) is 26.2. The average Bonchev–Trinajstić information content (AvgIpc) is 2.35. The van der Waals surface area contributed by atoms with Crippen molar-refractivity contribution >= 4 is 26.8 Å². The molecule has 18 heavy (non-hydrogen) atoms. The molecular weight excluding hydrogens is 296 g/mol. The van der Waals surface area contributed by atoms with Gasteiger partial charge in [0.2, 0.25) is 0 Å². The van der Waals surface area contributed by atoms with Gasteiger partial charge in [0, 0.05) is 11.5 Å². The van der Waals surface area contributed by atoms with Crippen molar-refractivity contribution in [2.75, 3.05) is 0 Å². The number of hydrogen-bond acceptors (Lipinski definition) is 2. The van der Waals surface area contributed by atoms with E-state index in [-0.39, 0.29) is 5.56 Å². The number of aromatic nitrogens is 2. The molecule has 1 heterocycles. The third-order valence-electron chi connectivity index (χ3n) is 2.70. The summed E-state index contributed by atoms with van der Waals surface area (Å²) < 4.78 is 1.82. The third kappa shape index (κ3) is 2.27. The fourth-order valence-electron chi connectivity index (χ4n) is 1.78. The molecule has 1 N–H and O–H groups in total. The number of nitrogens with one attached hydrogen (secondary N) is 1. The normalized spacial score (nSPS) is 10.1. The number of benzene rings is 1. The summed E-state index contributed by atoms with van der Waals surface area (Å²) in [6, 6.07) is 1.93. The van der Waals surface area contributed by atoms with Gasteiger partial charge in [-0.15, -0.1) is 0 Å². The lowest BCUT2D eigenvalue weighted by Crippen LogP contribution is -2.32. The van der Waals surface area contributed by atoms with Crippen molar-refractivity contribution in [3.63, 3.8) is 0 Å². The summed E-state index contributed by atoms with van der Waals surface area (Å²) in [5, 5.41) is 0.527. The van der Waals surface area contributed by atoms with E-state index in [1.165, 1.54) is 7.05 Å². The molecule has 0 fully saturated rings. The van der Waals surface area contributed by atoms with Crippen molar-refractivity contribution in [1.29, 1.82) is 0 Å². The van der Waals surface area contributed by atoms with Gasteiger partial charge in [0.15, 0.2) is 0 Å². The Morgan fingerprint density at radius 2 is 1.72 bits per heavy atom. The van der Waals surface area contributed by atoms with Crippen molar-refractivity contribution in [1.82, 2.24) is 9.55 Å². The second-order valence-electron chi connectivity index (χ2n) is 3.87. The molecule has 0 radical (unpaired) electrons. The zero-order chi connectivity index (χ0) is 14.0. The molecule has 0 saturated heterocycles. The SMILES string of the molecule is CC.Cc1cc(C)c2[nH]c(=O)n(C)c(=O)c2c1Br. The lowest BCUT2D eigenvalue weighted by molar-refractivity contribution is 0.792. The van der Waals surface area contributed by atoms with Gasteiger partial charge >= 0.3 is 5.69 Å². The Labute approximate surface area is 114 Å². The number of hydrogen-bond donors (Lipinski definition) is 1. The minimum atomic E-state index is -0.392. The largest absolute Gasteiger partial charge is 0.328 e. The molecule has 1 aromatic carbocycles. The number of H-pyrrole nitrogens is 1. The Balaban J connectivity index is 0.000000771. The van der Waals surface area contributed by atoms with Crippen LogP contribution in [0.15, 0.2) is 20.1 Å². The highest BCUT2D eigenvalue weighted by Crippen LogP contribution is 2.25. The first-order valence-electron chi connectivity index (χ1n) is 5.82. The maximum Gasteiger partial charge on any atom is 0.328 e. The maximum absolute atomic E-state index is 12.0. The second-order valence-corrected chi connectivity index (χ2v) is 4.66. The van der Waals surface area contributed by atoms with E-state index in [1.54, 1.807) is 0 Å². The van der Waals surface area contributed by atoms with Gasteiger partial charge < -0.3 is 4.98 Å². The monoisotopic (exact) mass is 312 g/mol. The van der Waals surface area contributed by atoms with Gasteiger partial charge in [0.05, 0.1) is 10.9 Å². The molecule has 5 heteroatoms. The van der Waals surface area contributed by atoms with Crippen molar-refractivity contribution in [3.05, 3.63) is 42.5 Å². The Morgan fingerprint density at radius 3 is 2.28 bits per heavy atom. The smallest absolute Gasteiger partial charge is 0.306 e. The molecule has 0 aliphatic rings. The Morgan fingerprint density at radius 1 is 1.17 bits per heavy atom. The number of aryl methyl sites for hydroxylation is 2. The molecule has 4 nitrogen and oxygen atoms in total. The topological polar surface area (TPSA) is 54.9 Å². The lowest BCUT2D eigenvalue weighted by atomic mass is 10.1. The Kier molecular flexibility index (Phi) is 4.51. The van der Waals surface area contributed by atoms with Gasteiger partial charge in [-0.1, -0.05) is 19.9 Å². The van der Waals surface area contributed by atoms with E-state index >= 15 is 0 Å². The van der Waals surface area contributed by atoms with E-state index in [1.807, 2.05) is 33.8 Å². The van der Waals surface area contributed by atoms with E-state index in [0.29, 0.717) is 10.9 Å². The Hall–Kier alpha value is -1.36. The highest BCUT2D eigenvalue weighted by atomic mass is 79.9. The summed E-state index contributed by atoms with van der Waals surface area (Å²) >= 11 is 3.39. The predicted molar refractivity (Wildman–Crippen MR) is 78.3 cm³/mol. The number of aromatic amines is 1. The number of halogens is 1. The molecule has 0 atom stereocenters. The van der Waals surface area contributed by atoms with Gasteiger partial charge in [-0.25, -0.2) is 4.79 Å². The molecule has 0 amide bonds. The minimum absolute atomic E-state index is 0.280. The Bertz CT molecular complexity index is 699. The average molecular weight is 313 g/mol. The predicted octanol–water partition coefficient (Wildman–Crippen LogP) is 2.63. The molecule has 2 rings (SSSR count). The molecule has 0 spiro atoms. The zero-order valence-corrected chi connectivity index (χ0v) is 12.8. The highest BCUT2D eigenvalue weighted by Gasteiger charge is 2.12. The van der Waals surface area contributed by atoms with Crippen molar-refractivity contribution in [2.45, 2.75) is 27.7 Å². The quantitative estimate of drug-likeness (QED) is 0.813. The molecule has 1 aromatic heterocycles. The lowest BCUT2D eigenvalue weighted by Gasteiger charge is -2.08. The van der Waals surface area contributed by atoms with Crippen LogP contribution in [0.3, 0.4) is 0 Å². The zero-order valence-electron chi connectivity index (χ0n) is 11.2. The highest BCUT2D eigenvalue weighted by molar-refractivity contribution is 9.10. The molecule has 0 aliphatic carbocycles. The maximum atomic E-state index is 12.0. The molecule has 0 bridgehead atoms. The van der Waals surface area contributed by atoms with Crippen LogP contribution in [0.4, 0.5) is 0 Å². The second kappa shape index (κ2) is 5.52. The van der Waals surface area contributed by atoms with Crippen LogP contribution in [0.2, 0.25) is 0 Å². The standard InChI is InChI=1S/C11H11BrN2O2.C2H6/c1-5-4-6(2)9-7(8(5)12)10(15)14(3)11(16)13-9;1-2/h4H,1-3H3,(H,13,16);1-2H3. The third-order valence-corrected chi connectivity index (χ3v) is 3.72. The number of fused-ring (bicyclic) bond motifs is 1. The van der Waals surface area contributed by atoms with E-state index in [4.69, 9.17) is 0 Å². The van der Waals surface area contributed by atoms with Gasteiger partial charge in [-0.2, -0.15) is 0 Å². The summed E-state index contributed by atoms with van der Waals surface area (Å²) in [7, 11) is 1.46. The van der Waals surface area contributed by atoms with Gasteiger partial charge in [0.25, 0.3) is 5.56 Å². The summed E-state index contributed by atoms with van der Waals surface area (Å²) in [6.07, 6.45) is 0. The van der Waals surface area contributed by atoms with Crippen LogP contribution in [0.25, 0.3) is 10.9 Å². The van der Waals surface area contributed by atoms with E-state index in [0.717, 1.165) is 20.2 Å². The first kappa shape index (κ1) is 14.7. The molecule has 2 aromatic rings. The first-order chi connectivity index (χ1) is 8.43. The van der Waals surface area contributed by atoms with E-state index in [9.17, 15) is 9.59 Å². The van der Waals surface area contributed by atoms with Gasteiger partial charge in [-0.3, -0.25) is 9.36 Å². The van der Waals surface area contributed by atoms with Crippen LogP contribution < -0.4 is 11.2 Å². The summed E-state index contributed by atoms with van der Waals surface area (Å²) in [6.45, 7) is 7.79. The fourth-order valence-corrected chi connectivity index (χ4v) is 2.26. The van der Waals surface area contributed by atoms with Crippen LogP contribution in [0.5, 0.6) is 0 Å². The molecule has 0 unspecified atom stereocenters. The fraction of sp³-hybridized carbons (Fsp3) is 0.385. The van der Waals surface area contributed by atoms with Crippen molar-refractivity contribution < 1.29 is 0 Å². The number of nitrogens with zero attached hydrogens (tertiary/aromatic N) is 1. The molecule has 98 valence electrons. The number of rotatable bonds is 0.